The lowest BCUT2D eigenvalue weighted by molar-refractivity contribution is 0.00649. The van der Waals surface area contributed by atoms with Gasteiger partial charge in [-0.15, -0.1) is 0 Å². The number of likely N-dealkylation sites (tertiary alicyclic amines) is 1. The maximum absolute atomic E-state index is 11.9. The molecule has 1 saturated carbocycles. The van der Waals surface area contributed by atoms with E-state index in [0.29, 0.717) is 12.0 Å². The number of urea groups is 1. The monoisotopic (exact) mass is 226 g/mol. The van der Waals surface area contributed by atoms with E-state index in [9.17, 15) is 4.79 Å². The van der Waals surface area contributed by atoms with Gasteiger partial charge in [0.15, 0.2) is 0 Å². The second-order valence-electron chi connectivity index (χ2n) is 5.06. The van der Waals surface area contributed by atoms with E-state index in [4.69, 9.17) is 4.74 Å². The number of ether oxygens (including phenoxy) is 1. The van der Waals surface area contributed by atoms with E-state index in [1.54, 1.807) is 7.11 Å². The second-order valence-corrected chi connectivity index (χ2v) is 5.06. The molecule has 0 aromatic rings. The first-order chi connectivity index (χ1) is 7.70. The fraction of sp³-hybridized carbons (Fsp3) is 0.917. The van der Waals surface area contributed by atoms with Crippen LogP contribution in [0.5, 0.6) is 0 Å². The summed E-state index contributed by atoms with van der Waals surface area (Å²) in [5, 5.41) is 3.08. The van der Waals surface area contributed by atoms with Gasteiger partial charge in [-0.2, -0.15) is 0 Å². The summed E-state index contributed by atoms with van der Waals surface area (Å²) in [5.41, 5.74) is 0. The predicted molar refractivity (Wildman–Crippen MR) is 62.3 cm³/mol. The number of nitrogens with one attached hydrogen (secondary N) is 1. The van der Waals surface area contributed by atoms with Crippen LogP contribution in [0.3, 0.4) is 0 Å². The van der Waals surface area contributed by atoms with Gasteiger partial charge in [0, 0.05) is 26.2 Å². The molecule has 16 heavy (non-hydrogen) atoms. The summed E-state index contributed by atoms with van der Waals surface area (Å²) in [6.45, 7) is 3.78. The van der Waals surface area contributed by atoms with Gasteiger partial charge in [0.25, 0.3) is 0 Å². The molecule has 0 bridgehead atoms. The Balaban J connectivity index is 1.81. The fourth-order valence-electron chi connectivity index (χ4n) is 2.34. The highest BCUT2D eigenvalue weighted by Gasteiger charge is 2.30. The van der Waals surface area contributed by atoms with Gasteiger partial charge in [-0.3, -0.25) is 0 Å². The molecule has 1 N–H and O–H groups in total. The van der Waals surface area contributed by atoms with Crippen LogP contribution in [0.25, 0.3) is 0 Å². The van der Waals surface area contributed by atoms with Gasteiger partial charge in [0.05, 0.1) is 6.10 Å². The van der Waals surface area contributed by atoms with Crippen LogP contribution in [0, 0.1) is 5.92 Å². The molecule has 0 aromatic carbocycles. The van der Waals surface area contributed by atoms with Crippen LogP contribution in [0.2, 0.25) is 0 Å². The van der Waals surface area contributed by atoms with Crippen molar-refractivity contribution in [2.75, 3.05) is 20.2 Å². The molecule has 0 radical (unpaired) electrons. The number of nitrogens with zero attached hydrogens (tertiary/aromatic N) is 1. The summed E-state index contributed by atoms with van der Waals surface area (Å²) in [7, 11) is 1.73. The van der Waals surface area contributed by atoms with Crippen molar-refractivity contribution in [3.63, 3.8) is 0 Å². The Bertz CT molecular complexity index is 253. The highest BCUT2D eigenvalue weighted by Crippen LogP contribution is 2.21. The quantitative estimate of drug-likeness (QED) is 0.777. The van der Waals surface area contributed by atoms with Crippen molar-refractivity contribution in [2.45, 2.75) is 44.8 Å². The topological polar surface area (TPSA) is 41.6 Å². The molecule has 0 spiro atoms. The zero-order valence-corrected chi connectivity index (χ0v) is 10.2. The second kappa shape index (κ2) is 5.04. The van der Waals surface area contributed by atoms with E-state index in [0.717, 1.165) is 32.4 Å². The van der Waals surface area contributed by atoms with Crippen molar-refractivity contribution in [3.8, 4) is 0 Å². The van der Waals surface area contributed by atoms with Gasteiger partial charge in [0.1, 0.15) is 0 Å². The Morgan fingerprint density at radius 2 is 2.12 bits per heavy atom. The molecule has 0 aromatic heterocycles. The molecule has 1 heterocycles. The molecule has 2 aliphatic rings. The largest absolute Gasteiger partial charge is 0.379 e. The molecule has 1 aliphatic heterocycles. The number of piperidine rings is 1. The average molecular weight is 226 g/mol. The molecule has 4 heteroatoms. The van der Waals surface area contributed by atoms with E-state index >= 15 is 0 Å². The summed E-state index contributed by atoms with van der Waals surface area (Å²) >= 11 is 0. The van der Waals surface area contributed by atoms with Crippen molar-refractivity contribution in [1.29, 1.82) is 0 Å². The summed E-state index contributed by atoms with van der Waals surface area (Å²) < 4.78 is 5.41. The summed E-state index contributed by atoms with van der Waals surface area (Å²) in [6, 6.07) is 0.520. The number of carbonyl (C=O) groups is 1. The van der Waals surface area contributed by atoms with Gasteiger partial charge in [0.2, 0.25) is 0 Å². The Kier molecular flexibility index (Phi) is 3.69. The van der Waals surface area contributed by atoms with E-state index in [1.807, 2.05) is 4.90 Å². The summed E-state index contributed by atoms with van der Waals surface area (Å²) in [4.78, 5) is 13.8. The van der Waals surface area contributed by atoms with Crippen LogP contribution in [0.4, 0.5) is 4.79 Å². The predicted octanol–water partition coefficient (Wildman–Crippen LogP) is 1.61. The van der Waals surface area contributed by atoms with Crippen LogP contribution in [-0.4, -0.2) is 43.3 Å². The Morgan fingerprint density at radius 1 is 1.38 bits per heavy atom. The molecule has 2 amide bonds. The van der Waals surface area contributed by atoms with Crippen molar-refractivity contribution >= 4 is 6.03 Å². The number of rotatable bonds is 2. The Morgan fingerprint density at radius 3 is 2.69 bits per heavy atom. The third-order valence-electron chi connectivity index (χ3n) is 3.91. The number of hydrogen-bond donors (Lipinski definition) is 1. The lowest BCUT2D eigenvalue weighted by Crippen LogP contribution is -2.53. The third-order valence-corrected chi connectivity index (χ3v) is 3.91. The lowest BCUT2D eigenvalue weighted by atomic mass is 9.93. The molecule has 2 unspecified atom stereocenters. The zero-order chi connectivity index (χ0) is 11.5. The molecular weight excluding hydrogens is 204 g/mol. The molecule has 1 aliphatic carbocycles. The Labute approximate surface area is 97.3 Å². The average Bonchev–Trinajstić information content (AvgIpc) is 2.24. The van der Waals surface area contributed by atoms with E-state index < -0.39 is 0 Å². The van der Waals surface area contributed by atoms with Gasteiger partial charge in [-0.05, 0) is 31.6 Å². The van der Waals surface area contributed by atoms with Crippen LogP contribution < -0.4 is 5.32 Å². The first-order valence-corrected chi connectivity index (χ1v) is 6.29. The van der Waals surface area contributed by atoms with Crippen LogP contribution in [-0.2, 0) is 4.74 Å². The van der Waals surface area contributed by atoms with Crippen LogP contribution >= 0.6 is 0 Å². The van der Waals surface area contributed by atoms with Gasteiger partial charge in [-0.1, -0.05) is 6.92 Å². The summed E-state index contributed by atoms with van der Waals surface area (Å²) in [6.07, 6.45) is 4.77. The van der Waals surface area contributed by atoms with Crippen molar-refractivity contribution in [2.24, 2.45) is 5.92 Å². The minimum atomic E-state index is 0.0960. The van der Waals surface area contributed by atoms with Crippen molar-refractivity contribution in [3.05, 3.63) is 0 Å². The highest BCUT2D eigenvalue weighted by atomic mass is 16.5. The van der Waals surface area contributed by atoms with Crippen LogP contribution in [0.15, 0.2) is 0 Å². The van der Waals surface area contributed by atoms with Gasteiger partial charge >= 0.3 is 6.03 Å². The lowest BCUT2D eigenvalue weighted by Gasteiger charge is -2.38. The third kappa shape index (κ3) is 2.48. The van der Waals surface area contributed by atoms with Crippen molar-refractivity contribution < 1.29 is 9.53 Å². The van der Waals surface area contributed by atoms with E-state index in [2.05, 4.69) is 12.2 Å². The minimum absolute atomic E-state index is 0.0960. The minimum Gasteiger partial charge on any atom is -0.379 e. The molecule has 2 rings (SSSR count). The smallest absolute Gasteiger partial charge is 0.317 e. The first-order valence-electron chi connectivity index (χ1n) is 6.29. The first kappa shape index (κ1) is 11.7. The van der Waals surface area contributed by atoms with Gasteiger partial charge < -0.3 is 15.0 Å². The molecule has 4 nitrogen and oxygen atoms in total. The molecule has 1 saturated heterocycles. The SMILES string of the molecule is COC1CN(C(=O)NC2CCC2)CCC1C. The summed E-state index contributed by atoms with van der Waals surface area (Å²) in [5.74, 6) is 0.553. The molecule has 92 valence electrons. The Hall–Kier alpha value is -0.770. The van der Waals surface area contributed by atoms with E-state index in [1.165, 1.54) is 6.42 Å². The van der Waals surface area contributed by atoms with E-state index in [-0.39, 0.29) is 12.1 Å². The molecule has 2 fully saturated rings. The van der Waals surface area contributed by atoms with Crippen LogP contribution in [0.1, 0.15) is 32.6 Å². The number of hydrogen-bond acceptors (Lipinski definition) is 2. The normalized spacial score (nSPS) is 31.0. The highest BCUT2D eigenvalue weighted by molar-refractivity contribution is 5.74. The maximum Gasteiger partial charge on any atom is 0.317 e. The number of methoxy groups -OCH3 is 1. The zero-order valence-electron chi connectivity index (χ0n) is 10.2. The van der Waals surface area contributed by atoms with Gasteiger partial charge in [-0.25, -0.2) is 4.79 Å². The number of carbonyl (C=O) groups excluding carboxylic acids is 1. The molecule has 2 atom stereocenters. The standard InChI is InChI=1S/C12H22N2O2/c1-9-6-7-14(8-11(9)16-2)12(15)13-10-4-3-5-10/h9-11H,3-8H2,1-2H3,(H,13,15). The van der Waals surface area contributed by atoms with Crippen molar-refractivity contribution in [1.82, 2.24) is 10.2 Å². The number of amides is 2. The fourth-order valence-corrected chi connectivity index (χ4v) is 2.34. The molecular formula is C12H22N2O2. The maximum atomic E-state index is 11.9.